The first-order chi connectivity index (χ1) is 2.41. The van der Waals surface area contributed by atoms with Gasteiger partial charge in [0.1, 0.15) is 0 Å². The van der Waals surface area contributed by atoms with Crippen LogP contribution in [0.4, 0.5) is 0 Å². The van der Waals surface area contributed by atoms with Crippen molar-refractivity contribution in [3.8, 4) is 5.40 Å². The van der Waals surface area contributed by atoms with Gasteiger partial charge in [0.25, 0.3) is 0 Å². The van der Waals surface area contributed by atoms with Gasteiger partial charge in [-0.25, -0.2) is 5.26 Å². The molecule has 36 valence electrons. The minimum atomic E-state index is 0. The van der Waals surface area contributed by atoms with Crippen molar-refractivity contribution in [3.05, 3.63) is 6.57 Å². The van der Waals surface area contributed by atoms with Gasteiger partial charge in [0.05, 0.1) is 0 Å². The van der Waals surface area contributed by atoms with Gasteiger partial charge in [0.15, 0.2) is 0 Å². The summed E-state index contributed by atoms with van der Waals surface area (Å²) in [6.07, 6.45) is 0. The second kappa shape index (κ2) is 86.8. The largest absolute Gasteiger partial charge is 1.00 e. The van der Waals surface area contributed by atoms with E-state index in [-0.39, 0.29) is 22.4 Å². The molecule has 0 radical (unpaired) electrons. The van der Waals surface area contributed by atoms with Gasteiger partial charge in [-0.05, 0) is 0 Å². The zero-order valence-corrected chi connectivity index (χ0v) is 4.90. The van der Waals surface area contributed by atoms with Gasteiger partial charge >= 0.3 is 22.4 Å². The molecule has 0 unspecified atom stereocenters. The standard InChI is InChI=1S/CHNS.CN.Ag/c2-1-3;1-2;/h3H;;/q;-1;+1/p-1. The number of hydrogen-bond acceptors (Lipinski definition) is 3. The van der Waals surface area contributed by atoms with E-state index in [1.807, 2.05) is 0 Å². The number of nitrogens with zero attached hydrogens (tertiary/aromatic N) is 2. The fourth-order valence-electron chi connectivity index (χ4n) is 0. The summed E-state index contributed by atoms with van der Waals surface area (Å²) < 4.78 is 0. The molecule has 0 saturated heterocycles. The molecule has 0 fully saturated rings. The Hall–Kier alpha value is -0.0597. The van der Waals surface area contributed by atoms with Gasteiger partial charge in [0.2, 0.25) is 0 Å². The van der Waals surface area contributed by atoms with Crippen molar-refractivity contribution in [2.45, 2.75) is 0 Å². The van der Waals surface area contributed by atoms with Gasteiger partial charge in [-0.15, -0.1) is 0 Å². The summed E-state index contributed by atoms with van der Waals surface area (Å²) in [5.74, 6) is 0. The second-order valence-electron chi connectivity index (χ2n) is 0.0913. The summed E-state index contributed by atoms with van der Waals surface area (Å²) in [5, 5.41) is 14.7. The van der Waals surface area contributed by atoms with E-state index < -0.39 is 0 Å². The third-order valence-electron chi connectivity index (χ3n) is 0. The van der Waals surface area contributed by atoms with Gasteiger partial charge in [-0.1, -0.05) is 5.40 Å². The van der Waals surface area contributed by atoms with E-state index in [1.165, 1.54) is 5.40 Å². The number of thiocyanates is 1. The quantitative estimate of drug-likeness (QED) is 0.237. The molecule has 0 heterocycles. The predicted molar refractivity (Wildman–Crippen MR) is 17.9 cm³/mol. The molecule has 0 aliphatic rings. The van der Waals surface area contributed by atoms with E-state index in [4.69, 9.17) is 17.1 Å². The minimum absolute atomic E-state index is 0. The average Bonchev–Trinajstić information content (AvgIpc) is 1.46. The molecule has 0 aromatic carbocycles. The molecule has 0 aliphatic carbocycles. The molecule has 0 rings (SSSR count). The van der Waals surface area contributed by atoms with Gasteiger partial charge in [0, 0.05) is 0 Å². The molecule has 0 N–H and O–H groups in total. The topological polar surface area (TPSA) is 47.6 Å². The molecule has 0 bridgehead atoms. The van der Waals surface area contributed by atoms with Crippen molar-refractivity contribution in [2.75, 3.05) is 0 Å². The molecule has 0 atom stereocenters. The number of rotatable bonds is 0. The van der Waals surface area contributed by atoms with Crippen LogP contribution in [0, 0.1) is 22.5 Å². The summed E-state index contributed by atoms with van der Waals surface area (Å²) >= 11 is 3.70. The Morgan fingerprint density at radius 2 is 1.50 bits per heavy atom. The summed E-state index contributed by atoms with van der Waals surface area (Å²) in [6, 6.07) is 0. The fraction of sp³-hybridized carbons (Fsp3) is 0. The Morgan fingerprint density at radius 1 is 1.50 bits per heavy atom. The smallest absolute Gasteiger partial charge is 0.696 e. The van der Waals surface area contributed by atoms with Crippen LogP contribution in [0.25, 0.3) is 0 Å². The molecule has 0 aromatic heterocycles. The second-order valence-corrected chi connectivity index (χ2v) is 0.274. The van der Waals surface area contributed by atoms with E-state index in [0.29, 0.717) is 0 Å². The van der Waals surface area contributed by atoms with Crippen LogP contribution in [0.5, 0.6) is 0 Å². The Labute approximate surface area is 57.7 Å². The molecule has 2 nitrogen and oxygen atoms in total. The first-order valence-corrected chi connectivity index (χ1v) is 1.06. The molecule has 0 saturated carbocycles. The van der Waals surface area contributed by atoms with Crippen molar-refractivity contribution in [2.24, 2.45) is 0 Å². The average molecular weight is 192 g/mol. The first-order valence-electron chi connectivity index (χ1n) is 0.651. The number of hydrogen-bond donors (Lipinski definition) is 0. The fourth-order valence-corrected chi connectivity index (χ4v) is 0. The summed E-state index contributed by atoms with van der Waals surface area (Å²) in [6.45, 7) is 4.75. The van der Waals surface area contributed by atoms with Crippen molar-refractivity contribution in [1.82, 2.24) is 0 Å². The van der Waals surface area contributed by atoms with E-state index in [1.54, 1.807) is 0 Å². The third-order valence-corrected chi connectivity index (χ3v) is 0. The molecule has 4 heteroatoms. The Bertz CT molecular complexity index is 54.3. The summed E-state index contributed by atoms with van der Waals surface area (Å²) in [4.78, 5) is 0. The first kappa shape index (κ1) is 16.8. The van der Waals surface area contributed by atoms with Crippen molar-refractivity contribution < 1.29 is 22.4 Å². The van der Waals surface area contributed by atoms with Crippen molar-refractivity contribution in [3.63, 3.8) is 0 Å². The van der Waals surface area contributed by atoms with Crippen LogP contribution in [0.1, 0.15) is 0 Å². The van der Waals surface area contributed by atoms with E-state index in [0.717, 1.165) is 0 Å². The SMILES string of the molecule is N#C[S-].[Ag+].[C-]#N. The molecular weight excluding hydrogens is 192 g/mol. The normalized spacial score (nSPS) is 1.50. The maximum atomic E-state index is 7.13. The Balaban J connectivity index is -0.0000000275. The van der Waals surface area contributed by atoms with Crippen molar-refractivity contribution >= 4 is 12.6 Å². The van der Waals surface area contributed by atoms with Crippen LogP contribution in [0.2, 0.25) is 0 Å². The number of nitriles is 1. The van der Waals surface area contributed by atoms with Crippen molar-refractivity contribution in [1.29, 1.82) is 10.5 Å². The molecular formula is C2AgN2S-. The molecule has 6 heavy (non-hydrogen) atoms. The van der Waals surface area contributed by atoms with E-state index in [2.05, 4.69) is 12.6 Å². The van der Waals surface area contributed by atoms with Crippen LogP contribution >= 0.6 is 0 Å². The third kappa shape index (κ3) is 9540. The molecule has 0 aromatic rings. The zero-order valence-electron chi connectivity index (χ0n) is 2.60. The van der Waals surface area contributed by atoms with Gasteiger partial charge in [-0.3, -0.25) is 0 Å². The van der Waals surface area contributed by atoms with E-state index >= 15 is 0 Å². The van der Waals surface area contributed by atoms with E-state index in [9.17, 15) is 0 Å². The predicted octanol–water partition coefficient (Wildman–Crippen LogP) is 0.108. The van der Waals surface area contributed by atoms with Gasteiger partial charge in [-0.2, -0.15) is 0 Å². The van der Waals surface area contributed by atoms with Crippen LogP contribution in [-0.4, -0.2) is 0 Å². The van der Waals surface area contributed by atoms with Crippen LogP contribution in [0.15, 0.2) is 0 Å². The maximum absolute atomic E-state index is 7.13. The van der Waals surface area contributed by atoms with Crippen LogP contribution < -0.4 is 0 Å². The summed E-state index contributed by atoms with van der Waals surface area (Å²) in [7, 11) is 0. The van der Waals surface area contributed by atoms with Crippen LogP contribution in [0.3, 0.4) is 0 Å². The maximum Gasteiger partial charge on any atom is 1.00 e. The van der Waals surface area contributed by atoms with Gasteiger partial charge < -0.3 is 24.5 Å². The zero-order chi connectivity index (χ0) is 4.71. The monoisotopic (exact) mass is 191 g/mol. The minimum Gasteiger partial charge on any atom is -0.696 e. The Kier molecular flexibility index (Phi) is 242. The summed E-state index contributed by atoms with van der Waals surface area (Å²) in [5.41, 5.74) is 0. The Morgan fingerprint density at radius 3 is 1.50 bits per heavy atom. The molecule has 0 amide bonds. The molecule has 0 spiro atoms. The van der Waals surface area contributed by atoms with Crippen LogP contribution in [-0.2, 0) is 35.0 Å². The molecule has 0 aliphatic heterocycles.